The fraction of sp³-hybridized carbons (Fsp3) is 0.444. The van der Waals surface area contributed by atoms with Crippen molar-refractivity contribution in [2.75, 3.05) is 19.5 Å². The minimum Gasteiger partial charge on any atom is -0.466 e. The lowest BCUT2D eigenvalue weighted by molar-refractivity contribution is -0.137. The van der Waals surface area contributed by atoms with Crippen LogP contribution in [0.5, 0.6) is 0 Å². The number of allylic oxidation sites excluding steroid dienone is 1. The van der Waals surface area contributed by atoms with Crippen LogP contribution in [0.25, 0.3) is 0 Å². The average molecular weight is 387 g/mol. The van der Waals surface area contributed by atoms with Crippen LogP contribution in [0.3, 0.4) is 0 Å². The summed E-state index contributed by atoms with van der Waals surface area (Å²) in [5, 5.41) is 2.63. The van der Waals surface area contributed by atoms with E-state index in [9.17, 15) is 18.4 Å². The third-order valence-electron chi connectivity index (χ3n) is 4.24. The van der Waals surface area contributed by atoms with Gasteiger partial charge in [-0.1, -0.05) is 12.5 Å². The molecular formula is C18H21ClF2N2O3. The third-order valence-corrected chi connectivity index (χ3v) is 4.51. The van der Waals surface area contributed by atoms with Gasteiger partial charge >= 0.3 is 12.0 Å². The highest BCUT2D eigenvalue weighted by molar-refractivity contribution is 6.17. The van der Waals surface area contributed by atoms with Gasteiger partial charge in [0.1, 0.15) is 0 Å². The van der Waals surface area contributed by atoms with Gasteiger partial charge in [-0.25, -0.2) is 18.4 Å². The summed E-state index contributed by atoms with van der Waals surface area (Å²) in [4.78, 5) is 26.2. The van der Waals surface area contributed by atoms with E-state index < -0.39 is 29.7 Å². The first-order chi connectivity index (χ1) is 12.4. The summed E-state index contributed by atoms with van der Waals surface area (Å²) in [5.74, 6) is -2.16. The zero-order valence-corrected chi connectivity index (χ0v) is 15.4. The van der Waals surface area contributed by atoms with Crippen LogP contribution >= 0.6 is 11.6 Å². The van der Waals surface area contributed by atoms with E-state index in [1.807, 2.05) is 0 Å². The van der Waals surface area contributed by atoms with Gasteiger partial charge in [-0.15, -0.1) is 11.6 Å². The minimum atomic E-state index is -1.04. The number of hydrogen-bond donors (Lipinski definition) is 1. The fourth-order valence-electron chi connectivity index (χ4n) is 2.97. The number of esters is 1. The number of ether oxygens (including phenoxy) is 1. The second-order valence-corrected chi connectivity index (χ2v) is 6.36. The number of amides is 2. The minimum absolute atomic E-state index is 0.190. The van der Waals surface area contributed by atoms with Gasteiger partial charge in [-0.05, 0) is 37.5 Å². The van der Waals surface area contributed by atoms with Crippen molar-refractivity contribution < 1.29 is 23.1 Å². The van der Waals surface area contributed by atoms with Crippen molar-refractivity contribution in [2.45, 2.75) is 32.2 Å². The Morgan fingerprint density at radius 3 is 2.62 bits per heavy atom. The molecule has 0 aliphatic carbocycles. The number of nitrogens with one attached hydrogen (secondary N) is 1. The molecule has 0 bridgehead atoms. The molecule has 0 saturated heterocycles. The highest BCUT2D eigenvalue weighted by atomic mass is 35.5. The van der Waals surface area contributed by atoms with Gasteiger partial charge in [0.05, 0.1) is 18.7 Å². The molecule has 0 spiro atoms. The molecule has 1 aliphatic heterocycles. The van der Waals surface area contributed by atoms with E-state index in [4.69, 9.17) is 16.3 Å². The first-order valence-corrected chi connectivity index (χ1v) is 8.81. The average Bonchev–Trinajstić information content (AvgIpc) is 2.61. The van der Waals surface area contributed by atoms with Crippen molar-refractivity contribution in [1.29, 1.82) is 0 Å². The molecule has 1 atom stereocenters. The van der Waals surface area contributed by atoms with Crippen molar-refractivity contribution in [3.8, 4) is 0 Å². The number of urea groups is 1. The number of alkyl halides is 1. The summed E-state index contributed by atoms with van der Waals surface area (Å²) in [7, 11) is 1.23. The van der Waals surface area contributed by atoms with Crippen molar-refractivity contribution in [1.82, 2.24) is 10.2 Å². The summed E-state index contributed by atoms with van der Waals surface area (Å²) in [6.07, 6.45) is 2.26. The molecule has 0 fully saturated rings. The first kappa shape index (κ1) is 20.2. The summed E-state index contributed by atoms with van der Waals surface area (Å²) >= 11 is 5.67. The number of unbranched alkanes of at least 4 members (excludes halogenated alkanes) is 2. The Bertz CT molecular complexity index is 724. The summed E-state index contributed by atoms with van der Waals surface area (Å²) in [5.41, 5.74) is 0.819. The van der Waals surface area contributed by atoms with Crippen LogP contribution < -0.4 is 5.32 Å². The van der Waals surface area contributed by atoms with Crippen LogP contribution in [0.2, 0.25) is 0 Å². The summed E-state index contributed by atoms with van der Waals surface area (Å²) in [6, 6.07) is 2.08. The molecular weight excluding hydrogens is 366 g/mol. The van der Waals surface area contributed by atoms with Gasteiger partial charge in [0.2, 0.25) is 0 Å². The maximum absolute atomic E-state index is 13.8. The molecule has 0 aromatic heterocycles. The van der Waals surface area contributed by atoms with Gasteiger partial charge in [0, 0.05) is 18.1 Å². The maximum Gasteiger partial charge on any atom is 0.337 e. The maximum atomic E-state index is 13.8. The van der Waals surface area contributed by atoms with Crippen LogP contribution in [0.4, 0.5) is 13.6 Å². The summed E-state index contributed by atoms with van der Waals surface area (Å²) < 4.78 is 32.0. The quantitative estimate of drug-likeness (QED) is 0.439. The Labute approximate surface area is 155 Å². The Balaban J connectivity index is 2.45. The van der Waals surface area contributed by atoms with E-state index >= 15 is 0 Å². The van der Waals surface area contributed by atoms with E-state index in [0.717, 1.165) is 25.0 Å². The second-order valence-electron chi connectivity index (χ2n) is 5.98. The molecule has 1 aromatic rings. The van der Waals surface area contributed by atoms with Gasteiger partial charge in [0.15, 0.2) is 11.6 Å². The number of benzene rings is 1. The van der Waals surface area contributed by atoms with Crippen molar-refractivity contribution >= 4 is 23.6 Å². The number of methoxy groups -OCH3 is 1. The largest absolute Gasteiger partial charge is 0.466 e. The molecule has 0 radical (unpaired) electrons. The molecule has 142 valence electrons. The van der Waals surface area contributed by atoms with Crippen LogP contribution in [-0.2, 0) is 9.53 Å². The topological polar surface area (TPSA) is 58.6 Å². The molecule has 26 heavy (non-hydrogen) atoms. The molecule has 0 saturated carbocycles. The molecule has 1 aliphatic rings. The third kappa shape index (κ3) is 4.33. The van der Waals surface area contributed by atoms with E-state index in [1.165, 1.54) is 18.1 Å². The van der Waals surface area contributed by atoms with Crippen molar-refractivity contribution in [3.63, 3.8) is 0 Å². The Morgan fingerprint density at radius 2 is 2.00 bits per heavy atom. The number of hydrogen-bond acceptors (Lipinski definition) is 3. The Hall–Kier alpha value is -2.15. The predicted octanol–water partition coefficient (Wildman–Crippen LogP) is 3.89. The second kappa shape index (κ2) is 8.98. The number of rotatable bonds is 7. The molecule has 1 heterocycles. The Morgan fingerprint density at radius 1 is 1.27 bits per heavy atom. The van der Waals surface area contributed by atoms with Crippen LogP contribution in [0.1, 0.15) is 37.8 Å². The number of carbonyl (C=O) groups is 2. The molecule has 1 aromatic carbocycles. The molecule has 1 unspecified atom stereocenters. The Kier molecular flexibility index (Phi) is 6.97. The number of carbonyl (C=O) groups excluding carboxylic acids is 2. The van der Waals surface area contributed by atoms with Gasteiger partial charge in [0.25, 0.3) is 0 Å². The van der Waals surface area contributed by atoms with Gasteiger partial charge < -0.3 is 15.0 Å². The predicted molar refractivity (Wildman–Crippen MR) is 93.6 cm³/mol. The number of halogens is 3. The van der Waals surface area contributed by atoms with Gasteiger partial charge in [-0.3, -0.25) is 0 Å². The monoisotopic (exact) mass is 386 g/mol. The lowest BCUT2D eigenvalue weighted by Crippen LogP contribution is -2.48. The SMILES string of the molecule is COC(=O)C1=C(C)NC(=O)N(CCCCCCl)C1c1ccc(F)c(F)c1. The molecule has 1 N–H and O–H groups in total. The van der Waals surface area contributed by atoms with Crippen LogP contribution in [0, 0.1) is 11.6 Å². The highest BCUT2D eigenvalue weighted by Crippen LogP contribution is 2.35. The molecule has 2 rings (SSSR count). The normalized spacial score (nSPS) is 17.3. The van der Waals surface area contributed by atoms with Crippen molar-refractivity contribution in [3.05, 3.63) is 46.7 Å². The first-order valence-electron chi connectivity index (χ1n) is 8.28. The molecule has 2 amide bonds. The van der Waals surface area contributed by atoms with Crippen LogP contribution in [0.15, 0.2) is 29.5 Å². The molecule has 8 heteroatoms. The number of nitrogens with zero attached hydrogens (tertiary/aromatic N) is 1. The van der Waals surface area contributed by atoms with E-state index in [0.29, 0.717) is 30.1 Å². The zero-order chi connectivity index (χ0) is 19.3. The smallest absolute Gasteiger partial charge is 0.337 e. The molecule has 5 nitrogen and oxygen atoms in total. The van der Waals surface area contributed by atoms with Crippen molar-refractivity contribution in [2.24, 2.45) is 0 Å². The van der Waals surface area contributed by atoms with E-state index in [1.54, 1.807) is 6.92 Å². The van der Waals surface area contributed by atoms with E-state index in [-0.39, 0.29) is 5.57 Å². The highest BCUT2D eigenvalue weighted by Gasteiger charge is 2.38. The lowest BCUT2D eigenvalue weighted by Gasteiger charge is -2.37. The standard InChI is InChI=1S/C18H21ClF2N2O3/c1-11-15(17(24)26-2)16(12-6-7-13(20)14(21)10-12)23(18(25)22-11)9-5-3-4-8-19/h6-7,10,16H,3-5,8-9H2,1-2H3,(H,22,25). The van der Waals surface area contributed by atoms with Crippen LogP contribution in [-0.4, -0.2) is 36.4 Å². The summed E-state index contributed by atoms with van der Waals surface area (Å²) in [6.45, 7) is 1.90. The lowest BCUT2D eigenvalue weighted by atomic mass is 9.93. The van der Waals surface area contributed by atoms with Gasteiger partial charge in [-0.2, -0.15) is 0 Å². The van der Waals surface area contributed by atoms with E-state index in [2.05, 4.69) is 5.32 Å². The zero-order valence-electron chi connectivity index (χ0n) is 14.7. The fourth-order valence-corrected chi connectivity index (χ4v) is 3.15.